The minimum absolute atomic E-state index is 0.0302. The Labute approximate surface area is 129 Å². The maximum Gasteiger partial charge on any atom is 0.306 e. The lowest BCUT2D eigenvalue weighted by atomic mass is 10.1. The van der Waals surface area contributed by atoms with E-state index in [1.807, 2.05) is 12.1 Å². The highest BCUT2D eigenvalue weighted by molar-refractivity contribution is 5.97. The smallest absolute Gasteiger partial charge is 0.306 e. The molecule has 0 amide bonds. The number of Topliss-reactive ketones (excluding diaryl/α,β-unsaturated/α-hetero) is 1. The Bertz CT molecular complexity index is 702. The molecular weight excluding hydrogens is 278 g/mol. The third-order valence-corrected chi connectivity index (χ3v) is 3.18. The number of ether oxygens (including phenoxy) is 1. The number of rotatable bonds is 6. The van der Waals surface area contributed by atoms with Gasteiger partial charge in [-0.25, -0.2) is 0 Å². The summed E-state index contributed by atoms with van der Waals surface area (Å²) < 4.78 is 5.11. The molecule has 2 aromatic rings. The second kappa shape index (κ2) is 7.75. The van der Waals surface area contributed by atoms with Crippen molar-refractivity contribution in [1.82, 2.24) is 0 Å². The number of benzene rings is 2. The second-order valence-corrected chi connectivity index (χ2v) is 4.72. The fourth-order valence-corrected chi connectivity index (χ4v) is 1.97. The van der Waals surface area contributed by atoms with Crippen LogP contribution in [0.15, 0.2) is 54.6 Å². The Hall–Kier alpha value is -2.93. The van der Waals surface area contributed by atoms with E-state index in [0.717, 1.165) is 0 Å². The normalized spacial score (nSPS) is 9.77. The quantitative estimate of drug-likeness (QED) is 0.605. The Morgan fingerprint density at radius 2 is 1.64 bits per heavy atom. The molecular formula is C18H15NO3. The van der Waals surface area contributed by atoms with Crippen molar-refractivity contribution in [2.24, 2.45) is 0 Å². The summed E-state index contributed by atoms with van der Waals surface area (Å²) in [6.07, 6.45) is 0.144. The van der Waals surface area contributed by atoms with Crippen molar-refractivity contribution in [2.75, 3.05) is 0 Å². The van der Waals surface area contributed by atoms with Gasteiger partial charge in [0.2, 0.25) is 0 Å². The van der Waals surface area contributed by atoms with Crippen LogP contribution in [-0.4, -0.2) is 11.8 Å². The highest BCUT2D eigenvalue weighted by atomic mass is 16.5. The third-order valence-electron chi connectivity index (χ3n) is 3.18. The summed E-state index contributed by atoms with van der Waals surface area (Å²) in [7, 11) is 0. The van der Waals surface area contributed by atoms with Gasteiger partial charge in [0.15, 0.2) is 5.78 Å². The van der Waals surface area contributed by atoms with Gasteiger partial charge < -0.3 is 4.74 Å². The van der Waals surface area contributed by atoms with Gasteiger partial charge in [0.1, 0.15) is 6.61 Å². The number of ketones is 1. The van der Waals surface area contributed by atoms with Gasteiger partial charge in [-0.15, -0.1) is 0 Å². The molecule has 2 aromatic carbocycles. The minimum atomic E-state index is -0.447. The molecule has 0 aliphatic heterocycles. The van der Waals surface area contributed by atoms with Gasteiger partial charge in [-0.2, -0.15) is 5.26 Å². The topological polar surface area (TPSA) is 67.2 Å². The van der Waals surface area contributed by atoms with Gasteiger partial charge in [-0.05, 0) is 6.07 Å². The fourth-order valence-electron chi connectivity index (χ4n) is 1.97. The molecule has 0 aliphatic rings. The van der Waals surface area contributed by atoms with Crippen LogP contribution in [0.25, 0.3) is 0 Å². The van der Waals surface area contributed by atoms with Crippen molar-refractivity contribution < 1.29 is 14.3 Å². The van der Waals surface area contributed by atoms with E-state index in [2.05, 4.69) is 0 Å². The van der Waals surface area contributed by atoms with Crippen LogP contribution in [0.3, 0.4) is 0 Å². The molecule has 0 aliphatic carbocycles. The average molecular weight is 293 g/mol. The summed E-state index contributed by atoms with van der Waals surface area (Å²) in [5.74, 6) is -0.535. The zero-order chi connectivity index (χ0) is 15.8. The monoisotopic (exact) mass is 293 g/mol. The van der Waals surface area contributed by atoms with Gasteiger partial charge in [0.05, 0.1) is 18.1 Å². The van der Waals surface area contributed by atoms with Crippen molar-refractivity contribution in [3.8, 4) is 6.07 Å². The van der Waals surface area contributed by atoms with E-state index in [1.54, 1.807) is 48.5 Å². The first-order chi connectivity index (χ1) is 10.7. The molecule has 4 nitrogen and oxygen atoms in total. The first-order valence-corrected chi connectivity index (χ1v) is 6.92. The van der Waals surface area contributed by atoms with Crippen molar-refractivity contribution in [3.05, 3.63) is 71.3 Å². The summed E-state index contributed by atoms with van der Waals surface area (Å²) in [5.41, 5.74) is 1.73. The second-order valence-electron chi connectivity index (χ2n) is 4.72. The molecule has 0 aromatic heterocycles. The largest absolute Gasteiger partial charge is 0.461 e. The fraction of sp³-hybridized carbons (Fsp3) is 0.167. The lowest BCUT2D eigenvalue weighted by Gasteiger charge is -2.06. The molecule has 0 radical (unpaired) electrons. The molecule has 4 heteroatoms. The number of esters is 1. The number of nitrogens with zero attached hydrogens (tertiary/aromatic N) is 1. The Kier molecular flexibility index (Phi) is 5.44. The minimum Gasteiger partial charge on any atom is -0.461 e. The van der Waals surface area contributed by atoms with E-state index in [-0.39, 0.29) is 25.2 Å². The van der Waals surface area contributed by atoms with Gasteiger partial charge in [0, 0.05) is 17.5 Å². The molecule has 0 N–H and O–H groups in total. The van der Waals surface area contributed by atoms with Crippen molar-refractivity contribution in [1.29, 1.82) is 5.26 Å². The number of nitriles is 1. The van der Waals surface area contributed by atoms with Gasteiger partial charge in [-0.1, -0.05) is 48.5 Å². The van der Waals surface area contributed by atoms with Crippen molar-refractivity contribution in [3.63, 3.8) is 0 Å². The van der Waals surface area contributed by atoms with Crippen LogP contribution in [0.1, 0.15) is 34.3 Å². The van der Waals surface area contributed by atoms with Gasteiger partial charge in [0.25, 0.3) is 0 Å². The predicted octanol–water partition coefficient (Wildman–Crippen LogP) is 3.26. The first-order valence-electron chi connectivity index (χ1n) is 6.92. The average Bonchev–Trinajstić information content (AvgIpc) is 2.58. The lowest BCUT2D eigenvalue weighted by molar-refractivity contribution is -0.144. The van der Waals surface area contributed by atoms with E-state index in [4.69, 9.17) is 10.00 Å². The zero-order valence-corrected chi connectivity index (χ0v) is 12.0. The van der Waals surface area contributed by atoms with Crippen LogP contribution in [-0.2, 0) is 16.1 Å². The lowest BCUT2D eigenvalue weighted by Crippen LogP contribution is -2.08. The molecule has 0 atom stereocenters. The van der Waals surface area contributed by atoms with Crippen molar-refractivity contribution >= 4 is 11.8 Å². The summed E-state index contributed by atoms with van der Waals surface area (Å²) in [6.45, 7) is 0.0437. The molecule has 0 spiro atoms. The first kappa shape index (κ1) is 15.5. The highest BCUT2D eigenvalue weighted by Gasteiger charge is 2.11. The summed E-state index contributed by atoms with van der Waals surface area (Å²) >= 11 is 0. The SMILES string of the molecule is N#Cc1ccccc1COC(=O)CCC(=O)c1ccccc1. The molecule has 0 unspecified atom stereocenters. The van der Waals surface area contributed by atoms with Crippen LogP contribution >= 0.6 is 0 Å². The Morgan fingerprint density at radius 1 is 0.955 bits per heavy atom. The number of carbonyl (C=O) groups excluding carboxylic acids is 2. The van der Waals surface area contributed by atoms with Gasteiger partial charge in [-0.3, -0.25) is 9.59 Å². The summed E-state index contributed by atoms with van der Waals surface area (Å²) in [4.78, 5) is 23.6. The molecule has 110 valence electrons. The molecule has 0 saturated heterocycles. The maximum absolute atomic E-state index is 11.9. The molecule has 2 rings (SSSR count). The van der Waals surface area contributed by atoms with E-state index in [1.165, 1.54) is 0 Å². The zero-order valence-electron chi connectivity index (χ0n) is 12.0. The van der Waals surface area contributed by atoms with Crippen LogP contribution in [0.5, 0.6) is 0 Å². The number of hydrogen-bond donors (Lipinski definition) is 0. The summed E-state index contributed by atoms with van der Waals surface area (Å²) in [5, 5.41) is 8.95. The van der Waals surface area contributed by atoms with E-state index in [0.29, 0.717) is 16.7 Å². The van der Waals surface area contributed by atoms with Crippen LogP contribution < -0.4 is 0 Å². The molecule has 0 heterocycles. The third kappa shape index (κ3) is 4.29. The number of carbonyl (C=O) groups is 2. The van der Waals surface area contributed by atoms with Crippen LogP contribution in [0.4, 0.5) is 0 Å². The van der Waals surface area contributed by atoms with E-state index < -0.39 is 5.97 Å². The van der Waals surface area contributed by atoms with Crippen molar-refractivity contribution in [2.45, 2.75) is 19.4 Å². The molecule has 22 heavy (non-hydrogen) atoms. The standard InChI is InChI=1S/C18H15NO3/c19-12-15-8-4-5-9-16(15)13-22-18(21)11-10-17(20)14-6-2-1-3-7-14/h1-9H,10-11,13H2. The maximum atomic E-state index is 11.9. The van der Waals surface area contributed by atoms with E-state index >= 15 is 0 Å². The van der Waals surface area contributed by atoms with E-state index in [9.17, 15) is 9.59 Å². The Morgan fingerprint density at radius 3 is 2.36 bits per heavy atom. The molecule has 0 bridgehead atoms. The molecule has 0 saturated carbocycles. The van der Waals surface area contributed by atoms with Crippen LogP contribution in [0.2, 0.25) is 0 Å². The highest BCUT2D eigenvalue weighted by Crippen LogP contribution is 2.10. The number of hydrogen-bond acceptors (Lipinski definition) is 4. The summed E-state index contributed by atoms with van der Waals surface area (Å²) in [6, 6.07) is 17.8. The van der Waals surface area contributed by atoms with Gasteiger partial charge >= 0.3 is 5.97 Å². The molecule has 0 fully saturated rings. The Balaban J connectivity index is 1.81. The predicted molar refractivity (Wildman–Crippen MR) is 81.0 cm³/mol. The van der Waals surface area contributed by atoms with Crippen LogP contribution in [0, 0.1) is 11.3 Å².